The summed E-state index contributed by atoms with van der Waals surface area (Å²) in [6, 6.07) is 0. The molecule has 0 aromatic rings. The van der Waals surface area contributed by atoms with E-state index in [0.29, 0.717) is 0 Å². The Morgan fingerprint density at radius 1 is 0.786 bits per heavy atom. The van der Waals surface area contributed by atoms with E-state index in [4.69, 9.17) is 9.90 Å². The lowest BCUT2D eigenvalue weighted by atomic mass is 9.92. The molecule has 0 saturated heterocycles. The molecule has 2 aliphatic carbocycles. The van der Waals surface area contributed by atoms with Gasteiger partial charge in [-0.15, -0.1) is 0 Å². The molecule has 0 heterocycles. The molecule has 28 heavy (non-hydrogen) atoms. The number of allylic oxidation sites excluding steroid dienone is 4. The highest BCUT2D eigenvalue weighted by atomic mass is 16.4. The van der Waals surface area contributed by atoms with Gasteiger partial charge in [0.1, 0.15) is 0 Å². The van der Waals surface area contributed by atoms with Gasteiger partial charge < -0.3 is 10.6 Å². The van der Waals surface area contributed by atoms with E-state index in [1.807, 2.05) is 0 Å². The van der Waals surface area contributed by atoms with E-state index in [1.165, 1.54) is 95.5 Å². The van der Waals surface area contributed by atoms with Crippen molar-refractivity contribution in [3.8, 4) is 0 Å². The van der Waals surface area contributed by atoms with Crippen LogP contribution in [0.15, 0.2) is 23.3 Å². The number of carbonyl (C=O) groups is 1. The van der Waals surface area contributed by atoms with Gasteiger partial charge in [0.2, 0.25) is 0 Å². The quantitative estimate of drug-likeness (QED) is 0.379. The lowest BCUT2D eigenvalue weighted by Gasteiger charge is -2.12. The Hall–Kier alpha value is -1.67. The van der Waals surface area contributed by atoms with E-state index in [1.54, 1.807) is 5.57 Å². The van der Waals surface area contributed by atoms with Crippen LogP contribution in [0.3, 0.4) is 0 Å². The first-order chi connectivity index (χ1) is 13.6. The summed E-state index contributed by atoms with van der Waals surface area (Å²) < 4.78 is 0. The first-order valence-corrected chi connectivity index (χ1v) is 11.4. The van der Waals surface area contributed by atoms with Gasteiger partial charge in [0.05, 0.1) is 0 Å². The van der Waals surface area contributed by atoms with Crippen molar-refractivity contribution in [2.24, 2.45) is 0 Å². The van der Waals surface area contributed by atoms with Crippen LogP contribution in [0.1, 0.15) is 116 Å². The zero-order valence-corrected chi connectivity index (χ0v) is 17.9. The van der Waals surface area contributed by atoms with Gasteiger partial charge in [0.25, 0.3) is 11.7 Å². The smallest absolute Gasteiger partial charge is 0.300 e. The van der Waals surface area contributed by atoms with Crippen molar-refractivity contribution in [3.05, 3.63) is 28.8 Å². The van der Waals surface area contributed by atoms with Crippen molar-refractivity contribution in [3.63, 3.8) is 0 Å². The Bertz CT molecular complexity index is 553. The Balaban J connectivity index is 0.000000892. The topological polar surface area (TPSA) is 73.7 Å². The molecule has 4 heteroatoms. The molecule has 4 nitrogen and oxygen atoms in total. The zero-order valence-electron chi connectivity index (χ0n) is 17.9. The molecule has 0 unspecified atom stereocenters. The first-order valence-electron chi connectivity index (χ1n) is 11.4. The summed E-state index contributed by atoms with van der Waals surface area (Å²) in [6.45, 7) is 1.08. The number of rotatable bonds is 1. The van der Waals surface area contributed by atoms with Crippen LogP contribution in [0.4, 0.5) is 0 Å². The molecule has 2 rings (SSSR count). The summed E-state index contributed by atoms with van der Waals surface area (Å²) in [7, 11) is 0. The second-order valence-corrected chi connectivity index (χ2v) is 8.14. The molecule has 0 radical (unpaired) electrons. The van der Waals surface area contributed by atoms with Crippen molar-refractivity contribution in [2.75, 3.05) is 0 Å². The molecule has 0 saturated carbocycles. The molecule has 0 amide bonds. The van der Waals surface area contributed by atoms with Gasteiger partial charge in [-0.25, -0.2) is 0 Å². The predicted molar refractivity (Wildman–Crippen MR) is 117 cm³/mol. The fraction of sp³-hybridized carbons (Fsp3) is 0.750. The number of carboxylic acids is 1. The average Bonchev–Trinajstić information content (AvgIpc) is 2.76. The van der Waals surface area contributed by atoms with Crippen molar-refractivity contribution in [1.82, 2.24) is 0 Å². The van der Waals surface area contributed by atoms with Gasteiger partial charge >= 0.3 is 0 Å². The van der Waals surface area contributed by atoms with E-state index < -0.39 is 5.97 Å². The van der Waals surface area contributed by atoms with E-state index in [0.717, 1.165) is 31.9 Å². The Kier molecular flexibility index (Phi) is 14.2. The standard InChI is InChI=1S/C22H36N2.C2H4O2/c23-24-22-18-14-10-6-5-9-13-17-21(19-22)20-15-11-7-3-1-2-4-8-12-16-20;1-2(3)4/h15,19H,1-14,16-18H2;1H3,(H,3,4). The second-order valence-electron chi connectivity index (χ2n) is 8.14. The lowest BCUT2D eigenvalue weighted by Crippen LogP contribution is -2.00. The van der Waals surface area contributed by atoms with Gasteiger partial charge in [-0.1, -0.05) is 63.9 Å². The fourth-order valence-corrected chi connectivity index (χ4v) is 4.02. The molecular formula is C24H40N2O2. The highest BCUT2D eigenvalue weighted by Gasteiger charge is 2.13. The SMILES string of the molecule is CC(=O)O.[N-]=[N+]=C1C=C(C2=CCCCCCCCCC2)CCCCCCCC1. The minimum atomic E-state index is -0.833. The first kappa shape index (κ1) is 24.4. The van der Waals surface area contributed by atoms with E-state index >= 15 is 0 Å². The summed E-state index contributed by atoms with van der Waals surface area (Å²) in [4.78, 5) is 12.6. The van der Waals surface area contributed by atoms with Crippen LogP contribution in [0, 0.1) is 0 Å². The van der Waals surface area contributed by atoms with Crippen LogP contribution in [0.2, 0.25) is 0 Å². The van der Waals surface area contributed by atoms with Crippen LogP contribution in [-0.2, 0) is 4.79 Å². The average molecular weight is 389 g/mol. The molecule has 0 aliphatic heterocycles. The fourth-order valence-electron chi connectivity index (χ4n) is 4.02. The summed E-state index contributed by atoms with van der Waals surface area (Å²) in [6.07, 6.45) is 26.6. The van der Waals surface area contributed by atoms with Crippen LogP contribution in [0.25, 0.3) is 5.53 Å². The third kappa shape index (κ3) is 12.7. The number of aliphatic carboxylic acids is 1. The van der Waals surface area contributed by atoms with Crippen molar-refractivity contribution < 1.29 is 14.7 Å². The highest BCUT2D eigenvalue weighted by Crippen LogP contribution is 2.27. The Labute approximate surface area is 171 Å². The molecule has 0 spiro atoms. The van der Waals surface area contributed by atoms with E-state index in [9.17, 15) is 5.53 Å². The van der Waals surface area contributed by atoms with Crippen molar-refractivity contribution in [2.45, 2.75) is 116 Å². The van der Waals surface area contributed by atoms with Crippen LogP contribution in [0.5, 0.6) is 0 Å². The molecule has 0 bridgehead atoms. The largest absolute Gasteiger partial charge is 0.481 e. The predicted octanol–water partition coefficient (Wildman–Crippen LogP) is 7.26. The number of hydrogen-bond acceptors (Lipinski definition) is 1. The number of nitrogens with zero attached hydrogens (tertiary/aromatic N) is 2. The minimum absolute atomic E-state index is 0.833. The Morgan fingerprint density at radius 3 is 1.75 bits per heavy atom. The van der Waals surface area contributed by atoms with Crippen molar-refractivity contribution in [1.29, 1.82) is 0 Å². The third-order valence-corrected chi connectivity index (χ3v) is 5.55. The third-order valence-electron chi connectivity index (χ3n) is 5.55. The van der Waals surface area contributed by atoms with Gasteiger partial charge in [-0.3, -0.25) is 4.79 Å². The zero-order chi connectivity index (χ0) is 20.5. The maximum atomic E-state index is 9.40. The molecule has 0 atom stereocenters. The molecular weight excluding hydrogens is 348 g/mol. The number of carboxylic acid groups (broad SMARTS) is 1. The van der Waals surface area contributed by atoms with Gasteiger partial charge in [-0.2, -0.15) is 4.79 Å². The van der Waals surface area contributed by atoms with Crippen LogP contribution < -0.4 is 0 Å². The molecule has 0 aromatic carbocycles. The molecule has 1 N–H and O–H groups in total. The van der Waals surface area contributed by atoms with Gasteiger partial charge in [0.15, 0.2) is 0 Å². The summed E-state index contributed by atoms with van der Waals surface area (Å²) in [5.74, 6) is -0.833. The summed E-state index contributed by atoms with van der Waals surface area (Å²) in [5, 5.41) is 7.42. The van der Waals surface area contributed by atoms with Crippen LogP contribution in [-0.4, -0.2) is 21.6 Å². The van der Waals surface area contributed by atoms with Gasteiger partial charge in [0, 0.05) is 19.4 Å². The minimum Gasteiger partial charge on any atom is -0.481 e. The molecule has 0 aromatic heterocycles. The maximum Gasteiger partial charge on any atom is 0.300 e. The van der Waals surface area contributed by atoms with E-state index in [2.05, 4.69) is 16.9 Å². The molecule has 2 aliphatic rings. The normalized spacial score (nSPS) is 20.7. The van der Waals surface area contributed by atoms with Gasteiger partial charge in [-0.05, 0) is 56.1 Å². The second kappa shape index (κ2) is 16.3. The highest BCUT2D eigenvalue weighted by molar-refractivity contribution is 5.91. The van der Waals surface area contributed by atoms with Crippen LogP contribution >= 0.6 is 0 Å². The molecule has 0 fully saturated rings. The maximum absolute atomic E-state index is 9.40. The number of hydrogen-bond donors (Lipinski definition) is 1. The summed E-state index contributed by atoms with van der Waals surface area (Å²) in [5.41, 5.74) is 13.3. The Morgan fingerprint density at radius 2 is 1.21 bits per heavy atom. The summed E-state index contributed by atoms with van der Waals surface area (Å²) >= 11 is 0. The van der Waals surface area contributed by atoms with Crippen molar-refractivity contribution >= 4 is 11.7 Å². The lowest BCUT2D eigenvalue weighted by molar-refractivity contribution is -0.134. The monoisotopic (exact) mass is 388 g/mol. The van der Waals surface area contributed by atoms with E-state index in [-0.39, 0.29) is 0 Å². The molecule has 158 valence electrons.